The number of nitrogens with zero attached hydrogens (tertiary/aromatic N) is 2. The molecule has 15 aromatic rings. The molecule has 13 aromatic carbocycles. The second-order valence-corrected chi connectivity index (χ2v) is 22.9. The third-order valence-corrected chi connectivity index (χ3v) is 19.1. The Bertz CT molecular complexity index is 4950. The molecule has 2 nitrogen and oxygen atoms in total. The maximum atomic E-state index is 2.55. The van der Waals surface area contributed by atoms with Crippen LogP contribution >= 0.6 is 22.7 Å². The first kappa shape index (κ1) is 43.0. The summed E-state index contributed by atoms with van der Waals surface area (Å²) in [5.41, 5.74) is 16.8. The molecule has 77 heavy (non-hydrogen) atoms. The van der Waals surface area contributed by atoms with Gasteiger partial charge < -0.3 is 9.80 Å². The highest BCUT2D eigenvalue weighted by Crippen LogP contribution is 2.66. The minimum absolute atomic E-state index is 0.597. The Kier molecular flexibility index (Phi) is 9.12. The van der Waals surface area contributed by atoms with Crippen molar-refractivity contribution in [3.05, 3.63) is 289 Å². The van der Waals surface area contributed by atoms with Gasteiger partial charge in [0.05, 0.1) is 5.41 Å². The molecule has 2 aromatic heterocycles. The van der Waals surface area contributed by atoms with Gasteiger partial charge >= 0.3 is 0 Å². The van der Waals surface area contributed by atoms with Crippen LogP contribution in [0.25, 0.3) is 94.9 Å². The van der Waals surface area contributed by atoms with Crippen LogP contribution in [0.4, 0.5) is 34.1 Å². The van der Waals surface area contributed by atoms with Crippen molar-refractivity contribution in [2.75, 3.05) is 9.80 Å². The third-order valence-electron chi connectivity index (χ3n) is 16.7. The lowest BCUT2D eigenvalue weighted by Crippen LogP contribution is -2.26. The molecule has 0 amide bonds. The van der Waals surface area contributed by atoms with Crippen LogP contribution in [0.1, 0.15) is 22.3 Å². The number of benzene rings is 13. The van der Waals surface area contributed by atoms with Crippen molar-refractivity contribution in [1.29, 1.82) is 0 Å². The molecule has 1 spiro atoms. The van der Waals surface area contributed by atoms with E-state index in [0.717, 1.165) is 34.1 Å². The van der Waals surface area contributed by atoms with Gasteiger partial charge in [-0.25, -0.2) is 0 Å². The third kappa shape index (κ3) is 6.17. The maximum absolute atomic E-state index is 2.55. The van der Waals surface area contributed by atoms with Crippen molar-refractivity contribution in [2.24, 2.45) is 0 Å². The minimum Gasteiger partial charge on any atom is -0.310 e. The molecule has 0 aliphatic heterocycles. The number of fused-ring (bicyclic) bond motifs is 21. The van der Waals surface area contributed by atoms with Gasteiger partial charge in [-0.15, -0.1) is 22.7 Å². The molecule has 2 heterocycles. The van der Waals surface area contributed by atoms with Crippen molar-refractivity contribution in [2.45, 2.75) is 5.41 Å². The van der Waals surface area contributed by atoms with Gasteiger partial charge in [0.2, 0.25) is 0 Å². The number of rotatable bonds is 6. The van der Waals surface area contributed by atoms with Crippen LogP contribution in [0.3, 0.4) is 0 Å². The molecule has 0 bridgehead atoms. The summed E-state index contributed by atoms with van der Waals surface area (Å²) in [6, 6.07) is 100. The summed E-state index contributed by atoms with van der Waals surface area (Å²) in [5, 5.41) is 12.6. The van der Waals surface area contributed by atoms with Crippen LogP contribution in [0.15, 0.2) is 267 Å². The Balaban J connectivity index is 0.898. The van der Waals surface area contributed by atoms with Crippen molar-refractivity contribution in [3.63, 3.8) is 0 Å². The van der Waals surface area contributed by atoms with Gasteiger partial charge in [-0.1, -0.05) is 158 Å². The zero-order valence-corrected chi connectivity index (χ0v) is 43.2. The smallest absolute Gasteiger partial charge is 0.0731 e. The first-order chi connectivity index (χ1) is 38.2. The Hall–Kier alpha value is -9.32. The molecule has 2 aliphatic rings. The summed E-state index contributed by atoms with van der Waals surface area (Å²) in [6.45, 7) is 0. The summed E-state index contributed by atoms with van der Waals surface area (Å²) in [5.74, 6) is 0. The molecule has 1 unspecified atom stereocenters. The van der Waals surface area contributed by atoms with Crippen LogP contribution in [0.5, 0.6) is 0 Å². The van der Waals surface area contributed by atoms with Crippen LogP contribution in [-0.2, 0) is 5.41 Å². The number of anilines is 6. The molecular formula is C73H44N2S2. The second kappa shape index (κ2) is 16.3. The SMILES string of the molecule is c1ccc(N(c2ccc3cc4c(cc3c2)C2(c3ccccc3-c3c2ccc2ccccc32)c2c-4ccc3cc(N(c4ccccc4)c4ccc5sc6ccccc6c5c4)ccc23)c2ccc3sc4ccccc4c3c2)cc1. The molecular weight excluding hydrogens is 969 g/mol. The van der Waals surface area contributed by atoms with Gasteiger partial charge in [-0.3, -0.25) is 0 Å². The van der Waals surface area contributed by atoms with E-state index in [1.54, 1.807) is 0 Å². The quantitative estimate of drug-likeness (QED) is 0.164. The van der Waals surface area contributed by atoms with Crippen LogP contribution in [0, 0.1) is 0 Å². The summed E-state index contributed by atoms with van der Waals surface area (Å²) in [4.78, 5) is 4.86. The van der Waals surface area contributed by atoms with E-state index >= 15 is 0 Å². The van der Waals surface area contributed by atoms with Crippen LogP contribution < -0.4 is 9.80 Å². The van der Waals surface area contributed by atoms with Crippen LogP contribution in [-0.4, -0.2) is 0 Å². The largest absolute Gasteiger partial charge is 0.310 e. The maximum Gasteiger partial charge on any atom is 0.0731 e. The molecule has 17 rings (SSSR count). The number of para-hydroxylation sites is 2. The predicted octanol–water partition coefficient (Wildman–Crippen LogP) is 21.2. The zero-order chi connectivity index (χ0) is 50.3. The molecule has 1 atom stereocenters. The molecule has 0 N–H and O–H groups in total. The van der Waals surface area contributed by atoms with E-state index in [0.29, 0.717) is 0 Å². The molecule has 4 heteroatoms. The lowest BCUT2D eigenvalue weighted by atomic mass is 9.69. The first-order valence-corrected chi connectivity index (χ1v) is 28.1. The van der Waals surface area contributed by atoms with E-state index in [1.165, 1.54) is 117 Å². The van der Waals surface area contributed by atoms with E-state index in [4.69, 9.17) is 0 Å². The fraction of sp³-hybridized carbons (Fsp3) is 0.0137. The summed E-state index contributed by atoms with van der Waals surface area (Å²) < 4.78 is 5.22. The fourth-order valence-corrected chi connectivity index (χ4v) is 15.7. The van der Waals surface area contributed by atoms with Gasteiger partial charge in [0, 0.05) is 74.5 Å². The Morgan fingerprint density at radius 1 is 0.247 bits per heavy atom. The first-order valence-electron chi connectivity index (χ1n) is 26.5. The van der Waals surface area contributed by atoms with Gasteiger partial charge in [0.1, 0.15) is 0 Å². The highest BCUT2D eigenvalue weighted by Gasteiger charge is 2.53. The van der Waals surface area contributed by atoms with E-state index < -0.39 is 5.41 Å². The van der Waals surface area contributed by atoms with E-state index in [1.807, 2.05) is 22.7 Å². The van der Waals surface area contributed by atoms with Gasteiger partial charge in [-0.2, -0.15) is 0 Å². The predicted molar refractivity (Wildman–Crippen MR) is 330 cm³/mol. The van der Waals surface area contributed by atoms with Crippen molar-refractivity contribution in [3.8, 4) is 22.3 Å². The van der Waals surface area contributed by atoms with Gasteiger partial charge in [-0.05, 0) is 186 Å². The van der Waals surface area contributed by atoms with Crippen molar-refractivity contribution < 1.29 is 0 Å². The second-order valence-electron chi connectivity index (χ2n) is 20.7. The number of hydrogen-bond acceptors (Lipinski definition) is 4. The average Bonchev–Trinajstić information content (AvgIpc) is 3.68. The lowest BCUT2D eigenvalue weighted by Gasteiger charge is -2.32. The summed E-state index contributed by atoms with van der Waals surface area (Å²) in [6.07, 6.45) is 0. The lowest BCUT2D eigenvalue weighted by molar-refractivity contribution is 0.803. The monoisotopic (exact) mass is 1010 g/mol. The van der Waals surface area contributed by atoms with Crippen molar-refractivity contribution in [1.82, 2.24) is 0 Å². The number of thiophene rings is 2. The molecule has 0 saturated carbocycles. The van der Waals surface area contributed by atoms with E-state index in [-0.39, 0.29) is 0 Å². The molecule has 358 valence electrons. The molecule has 0 saturated heterocycles. The van der Waals surface area contributed by atoms with Gasteiger partial charge in [0.25, 0.3) is 0 Å². The van der Waals surface area contributed by atoms with Crippen molar-refractivity contribution >= 4 is 129 Å². The summed E-state index contributed by atoms with van der Waals surface area (Å²) >= 11 is 3.72. The average molecular weight is 1010 g/mol. The molecule has 2 aliphatic carbocycles. The minimum atomic E-state index is -0.597. The van der Waals surface area contributed by atoms with E-state index in [2.05, 4.69) is 277 Å². The normalized spacial score (nSPS) is 14.3. The molecule has 0 radical (unpaired) electrons. The topological polar surface area (TPSA) is 6.48 Å². The van der Waals surface area contributed by atoms with Gasteiger partial charge in [0.15, 0.2) is 0 Å². The molecule has 0 fully saturated rings. The van der Waals surface area contributed by atoms with E-state index in [9.17, 15) is 0 Å². The Morgan fingerprint density at radius 2 is 0.766 bits per heavy atom. The van der Waals surface area contributed by atoms with Crippen LogP contribution in [0.2, 0.25) is 0 Å². The zero-order valence-electron chi connectivity index (χ0n) is 41.6. The highest BCUT2D eigenvalue weighted by atomic mass is 32.1. The summed E-state index contributed by atoms with van der Waals surface area (Å²) in [7, 11) is 0. The Labute approximate surface area is 453 Å². The highest BCUT2D eigenvalue weighted by molar-refractivity contribution is 7.26. The standard InChI is InChI=1S/C73H44N2S2/c1-3-16-49(17-4-1)74(53-32-37-69-62(43-53)57-21-10-13-25-67(57)76-69)51-30-27-46-41-61-59-34-28-47-39-52(75(50-18-5-2-6-19-50)54-33-38-70-63(44-54)58-22-11-14-26-68(58)77-70)31-35-56(47)72(59)73(66(61)42-48(46)40-51)64-24-12-9-23-60(64)71-55-20-8-7-15-45(55)29-36-65(71)73/h1-44H. The fourth-order valence-electron chi connectivity index (χ4n) is 13.5. The number of hydrogen-bond donors (Lipinski definition) is 0. The Morgan fingerprint density at radius 3 is 1.45 bits per heavy atom.